The molecule has 0 bridgehead atoms. The monoisotopic (exact) mass is 433 g/mol. The molecule has 0 aliphatic carbocycles. The summed E-state index contributed by atoms with van der Waals surface area (Å²) in [7, 11) is 3.93. The molecule has 168 valence electrons. The van der Waals surface area contributed by atoms with Crippen LogP contribution in [0.1, 0.15) is 29.6 Å². The van der Waals surface area contributed by atoms with Gasteiger partial charge in [0.15, 0.2) is 0 Å². The van der Waals surface area contributed by atoms with E-state index in [1.165, 1.54) is 32.4 Å². The van der Waals surface area contributed by atoms with E-state index in [0.29, 0.717) is 12.2 Å². The number of H-pyrrole nitrogens is 1. The second kappa shape index (κ2) is 10.3. The van der Waals surface area contributed by atoms with Gasteiger partial charge in [-0.05, 0) is 56.3 Å². The summed E-state index contributed by atoms with van der Waals surface area (Å²) in [6.07, 6.45) is 5.68. The molecule has 4 rings (SSSR count). The van der Waals surface area contributed by atoms with Crippen LogP contribution in [-0.2, 0) is 0 Å². The van der Waals surface area contributed by atoms with Gasteiger partial charge in [0.2, 0.25) is 0 Å². The number of likely N-dealkylation sites (tertiary alicyclic amines) is 1. The van der Waals surface area contributed by atoms with Gasteiger partial charge in [0.25, 0.3) is 5.91 Å². The van der Waals surface area contributed by atoms with E-state index in [1.807, 2.05) is 55.4 Å². The summed E-state index contributed by atoms with van der Waals surface area (Å²) in [6.45, 7) is 3.94. The lowest BCUT2D eigenvalue weighted by Crippen LogP contribution is -2.33. The van der Waals surface area contributed by atoms with Gasteiger partial charge in [-0.3, -0.25) is 14.8 Å². The normalized spacial score (nSPS) is 14.2. The molecule has 0 radical (unpaired) electrons. The first kappa shape index (κ1) is 21.9. The molecular weight excluding hydrogens is 402 g/mol. The molecule has 3 aromatic rings. The molecule has 1 aliphatic heterocycles. The van der Waals surface area contributed by atoms with Gasteiger partial charge in [0.1, 0.15) is 12.4 Å². The van der Waals surface area contributed by atoms with Crippen molar-refractivity contribution in [1.29, 1.82) is 0 Å². The maximum absolute atomic E-state index is 12.9. The van der Waals surface area contributed by atoms with Gasteiger partial charge in [-0.25, -0.2) is 0 Å². The number of para-hydroxylation sites is 1. The summed E-state index contributed by atoms with van der Waals surface area (Å²) in [4.78, 5) is 17.3. The van der Waals surface area contributed by atoms with Crippen LogP contribution in [0.25, 0.3) is 11.3 Å². The lowest BCUT2D eigenvalue weighted by atomic mass is 10.1. The zero-order valence-electron chi connectivity index (χ0n) is 18.8. The molecule has 1 aliphatic rings. The largest absolute Gasteiger partial charge is 0.492 e. The van der Waals surface area contributed by atoms with E-state index in [1.54, 1.807) is 18.3 Å². The molecule has 0 atom stereocenters. The smallest absolute Gasteiger partial charge is 0.255 e. The molecular formula is C25H31N5O2. The second-order valence-electron chi connectivity index (χ2n) is 8.30. The van der Waals surface area contributed by atoms with Crippen molar-refractivity contribution in [3.05, 3.63) is 60.3 Å². The fourth-order valence-corrected chi connectivity index (χ4v) is 4.00. The number of ether oxygens (including phenoxy) is 1. The molecule has 7 heteroatoms. The van der Waals surface area contributed by atoms with Gasteiger partial charge in [-0.15, -0.1) is 0 Å². The number of aromatic amines is 1. The molecule has 2 N–H and O–H groups in total. The van der Waals surface area contributed by atoms with E-state index >= 15 is 0 Å². The number of nitrogens with one attached hydrogen (secondary N) is 2. The highest BCUT2D eigenvalue weighted by Crippen LogP contribution is 2.33. The molecule has 1 saturated heterocycles. The molecule has 0 spiro atoms. The van der Waals surface area contributed by atoms with Crippen LogP contribution in [0.5, 0.6) is 5.75 Å². The quantitative estimate of drug-likeness (QED) is 0.555. The maximum atomic E-state index is 12.9. The first-order valence-electron chi connectivity index (χ1n) is 11.2. The number of hydrogen-bond acceptors (Lipinski definition) is 5. The molecule has 32 heavy (non-hydrogen) atoms. The molecule has 7 nitrogen and oxygen atoms in total. The van der Waals surface area contributed by atoms with Crippen LogP contribution in [0.15, 0.2) is 54.7 Å². The van der Waals surface area contributed by atoms with E-state index in [2.05, 4.69) is 20.4 Å². The van der Waals surface area contributed by atoms with Crippen molar-refractivity contribution in [3.8, 4) is 17.0 Å². The van der Waals surface area contributed by atoms with E-state index in [-0.39, 0.29) is 5.91 Å². The van der Waals surface area contributed by atoms with Crippen LogP contribution in [0.2, 0.25) is 0 Å². The number of piperidine rings is 1. The Kier molecular flexibility index (Phi) is 7.07. The summed E-state index contributed by atoms with van der Waals surface area (Å²) < 4.78 is 5.88. The number of rotatable bonds is 8. The van der Waals surface area contributed by atoms with Crippen molar-refractivity contribution in [2.24, 2.45) is 0 Å². The number of hydrogen-bond donors (Lipinski definition) is 2. The second-order valence-corrected chi connectivity index (χ2v) is 8.30. The van der Waals surface area contributed by atoms with Crippen LogP contribution < -0.4 is 15.0 Å². The van der Waals surface area contributed by atoms with Crippen molar-refractivity contribution in [1.82, 2.24) is 15.1 Å². The van der Waals surface area contributed by atoms with Gasteiger partial charge >= 0.3 is 0 Å². The summed E-state index contributed by atoms with van der Waals surface area (Å²) in [5, 5.41) is 10.2. The van der Waals surface area contributed by atoms with Crippen LogP contribution in [-0.4, -0.2) is 61.3 Å². The molecule has 0 unspecified atom stereocenters. The zero-order valence-corrected chi connectivity index (χ0v) is 18.8. The standard InChI is InChI=1S/C25H31N5O2/c1-29(2)23-18-26-28-24(23)21-8-4-5-9-22(21)27-25(31)19-10-12-20(13-11-19)32-17-16-30-14-6-3-7-15-30/h4-5,8-13,18H,3,6-7,14-17H2,1-2H3,(H,26,28)(H,27,31). The van der Waals surface area contributed by atoms with Crippen LogP contribution in [0.4, 0.5) is 11.4 Å². The molecule has 2 aromatic carbocycles. The predicted molar refractivity (Wildman–Crippen MR) is 129 cm³/mol. The summed E-state index contributed by atoms with van der Waals surface area (Å²) in [6, 6.07) is 15.0. The van der Waals surface area contributed by atoms with E-state index in [4.69, 9.17) is 4.74 Å². The Labute approximate surface area is 189 Å². The third kappa shape index (κ3) is 5.29. The average Bonchev–Trinajstić information content (AvgIpc) is 3.31. The number of carbonyl (C=O) groups is 1. The molecule has 1 fully saturated rings. The van der Waals surface area contributed by atoms with Crippen LogP contribution >= 0.6 is 0 Å². The number of anilines is 2. The van der Waals surface area contributed by atoms with Gasteiger partial charge in [0.05, 0.1) is 23.3 Å². The Morgan fingerprint density at radius 3 is 2.59 bits per heavy atom. The van der Waals surface area contributed by atoms with E-state index in [9.17, 15) is 4.79 Å². The zero-order chi connectivity index (χ0) is 22.3. The highest BCUT2D eigenvalue weighted by atomic mass is 16.5. The molecule has 1 aromatic heterocycles. The summed E-state index contributed by atoms with van der Waals surface area (Å²) in [5.74, 6) is 0.621. The number of benzene rings is 2. The highest BCUT2D eigenvalue weighted by Gasteiger charge is 2.15. The summed E-state index contributed by atoms with van der Waals surface area (Å²) >= 11 is 0. The number of amides is 1. The van der Waals surface area contributed by atoms with Gasteiger partial charge in [-0.2, -0.15) is 5.10 Å². The molecule has 0 saturated carbocycles. The fraction of sp³-hybridized carbons (Fsp3) is 0.360. The SMILES string of the molecule is CN(C)c1cn[nH]c1-c1ccccc1NC(=O)c1ccc(OCCN2CCCCC2)cc1. The Balaban J connectivity index is 1.38. The van der Waals surface area contributed by atoms with Crippen molar-refractivity contribution in [2.75, 3.05) is 50.6 Å². The minimum atomic E-state index is -0.164. The van der Waals surface area contributed by atoms with Crippen molar-refractivity contribution < 1.29 is 9.53 Å². The van der Waals surface area contributed by atoms with E-state index < -0.39 is 0 Å². The Morgan fingerprint density at radius 2 is 1.84 bits per heavy atom. The average molecular weight is 434 g/mol. The highest BCUT2D eigenvalue weighted by molar-refractivity contribution is 6.06. The van der Waals surface area contributed by atoms with Gasteiger partial charge in [-0.1, -0.05) is 24.6 Å². The number of nitrogens with zero attached hydrogens (tertiary/aromatic N) is 3. The Bertz CT molecular complexity index is 1020. The minimum absolute atomic E-state index is 0.164. The molecule has 1 amide bonds. The summed E-state index contributed by atoms with van der Waals surface area (Å²) in [5.41, 5.74) is 4.02. The first-order valence-corrected chi connectivity index (χ1v) is 11.2. The van der Waals surface area contributed by atoms with Gasteiger partial charge < -0.3 is 15.0 Å². The Morgan fingerprint density at radius 1 is 1.09 bits per heavy atom. The van der Waals surface area contributed by atoms with Crippen LogP contribution in [0, 0.1) is 0 Å². The van der Waals surface area contributed by atoms with Crippen LogP contribution in [0.3, 0.4) is 0 Å². The lowest BCUT2D eigenvalue weighted by molar-refractivity contribution is 0.102. The predicted octanol–water partition coefficient (Wildman–Crippen LogP) is 4.26. The van der Waals surface area contributed by atoms with Crippen molar-refractivity contribution in [2.45, 2.75) is 19.3 Å². The minimum Gasteiger partial charge on any atom is -0.492 e. The van der Waals surface area contributed by atoms with Gasteiger partial charge in [0, 0.05) is 31.8 Å². The third-order valence-electron chi connectivity index (χ3n) is 5.79. The fourth-order valence-electron chi connectivity index (χ4n) is 4.00. The lowest BCUT2D eigenvalue weighted by Gasteiger charge is -2.26. The number of carbonyl (C=O) groups excluding carboxylic acids is 1. The Hall–Kier alpha value is -3.32. The van der Waals surface area contributed by atoms with Crippen molar-refractivity contribution >= 4 is 17.3 Å². The topological polar surface area (TPSA) is 73.5 Å². The first-order chi connectivity index (χ1) is 15.6. The molecule has 2 heterocycles. The third-order valence-corrected chi connectivity index (χ3v) is 5.79. The maximum Gasteiger partial charge on any atom is 0.255 e. The van der Waals surface area contributed by atoms with E-state index in [0.717, 1.165) is 34.9 Å². The number of aromatic nitrogens is 2. The van der Waals surface area contributed by atoms with Crippen molar-refractivity contribution in [3.63, 3.8) is 0 Å².